The van der Waals surface area contributed by atoms with E-state index in [-0.39, 0.29) is 10.8 Å². The van der Waals surface area contributed by atoms with Gasteiger partial charge in [-0.05, 0) is 103 Å². The molecule has 2 aromatic rings. The van der Waals surface area contributed by atoms with Crippen LogP contribution in [-0.2, 0) is 15.6 Å². The van der Waals surface area contributed by atoms with Gasteiger partial charge >= 0.3 is 0 Å². The van der Waals surface area contributed by atoms with Crippen LogP contribution in [0.2, 0.25) is 0 Å². The molecule has 6 heteroatoms. The number of fused-ring (bicyclic) bond motifs is 2. The number of rotatable bonds is 6. The zero-order chi connectivity index (χ0) is 31.5. The lowest BCUT2D eigenvalue weighted by atomic mass is 9.76. The van der Waals surface area contributed by atoms with Crippen LogP contribution in [0.4, 0.5) is 11.4 Å². The number of allylic oxidation sites excluding steroid dienone is 7. The highest BCUT2D eigenvalue weighted by Gasteiger charge is 2.55. The Kier molecular flexibility index (Phi) is 8.07. The first-order valence-corrected chi connectivity index (χ1v) is 15.5. The first-order chi connectivity index (χ1) is 20.2. The summed E-state index contributed by atoms with van der Waals surface area (Å²) in [6.07, 6.45) is 11.8. The summed E-state index contributed by atoms with van der Waals surface area (Å²) in [5.74, 6) is 1.76. The lowest BCUT2D eigenvalue weighted by Crippen LogP contribution is -2.54. The van der Waals surface area contributed by atoms with E-state index >= 15 is 0 Å². The van der Waals surface area contributed by atoms with Crippen LogP contribution in [-0.4, -0.2) is 41.1 Å². The third kappa shape index (κ3) is 4.71. The van der Waals surface area contributed by atoms with Crippen molar-refractivity contribution >= 4 is 23.0 Å². The van der Waals surface area contributed by atoms with Crippen molar-refractivity contribution in [1.82, 2.24) is 0 Å². The first kappa shape index (κ1) is 31.3. The molecule has 1 atom stereocenters. The maximum Gasteiger partial charge on any atom is 0.169 e. The lowest BCUT2D eigenvalue weighted by Gasteiger charge is -2.43. The van der Waals surface area contributed by atoms with Crippen molar-refractivity contribution in [2.24, 2.45) is 0 Å². The van der Waals surface area contributed by atoms with Crippen LogP contribution in [0.15, 0.2) is 70.4 Å². The van der Waals surface area contributed by atoms with E-state index in [1.165, 1.54) is 44.9 Å². The van der Waals surface area contributed by atoms with Gasteiger partial charge in [0.2, 0.25) is 0 Å². The number of ether oxygens (including phenoxy) is 3. The number of benzene rings is 2. The van der Waals surface area contributed by atoms with Crippen LogP contribution in [0.5, 0.6) is 11.5 Å². The van der Waals surface area contributed by atoms with Gasteiger partial charge in [0.15, 0.2) is 5.72 Å². The highest BCUT2D eigenvalue weighted by Crippen LogP contribution is 2.55. The van der Waals surface area contributed by atoms with E-state index in [4.69, 9.17) is 25.8 Å². The molecule has 0 amide bonds. The van der Waals surface area contributed by atoms with E-state index in [9.17, 15) is 0 Å². The summed E-state index contributed by atoms with van der Waals surface area (Å²) in [5, 5.41) is 0.841. The minimum absolute atomic E-state index is 0.159. The molecule has 0 spiro atoms. The molecule has 3 aliphatic rings. The molecule has 0 saturated carbocycles. The average Bonchev–Trinajstić information content (AvgIpc) is 3.27. The van der Waals surface area contributed by atoms with E-state index < -0.39 is 5.72 Å². The third-order valence-electron chi connectivity index (χ3n) is 10.2. The Labute approximate surface area is 263 Å². The smallest absolute Gasteiger partial charge is 0.169 e. The van der Waals surface area contributed by atoms with Crippen molar-refractivity contribution in [1.29, 1.82) is 0 Å². The Morgan fingerprint density at radius 3 is 2.02 bits per heavy atom. The van der Waals surface area contributed by atoms with Gasteiger partial charge < -0.3 is 24.0 Å². The summed E-state index contributed by atoms with van der Waals surface area (Å²) in [6.45, 7) is 13.3. The quantitative estimate of drug-likeness (QED) is 0.330. The van der Waals surface area contributed by atoms with Crippen LogP contribution in [0, 0.1) is 13.8 Å². The minimum Gasteiger partial charge on any atom is -0.497 e. The number of hydrogen-bond acceptors (Lipinski definition) is 5. The molecule has 2 heterocycles. The van der Waals surface area contributed by atoms with Gasteiger partial charge in [0.1, 0.15) is 11.5 Å². The SMILES string of the molecule is COc1cc(C)c2c(c1)C(C)(C)/C(=C/C=C1\CCCC(/C=C/C3(OC)N(C)c4c(C)cc(OC)cc4C3(C)C)=C1Cl)N2C. The molecule has 0 saturated heterocycles. The van der Waals surface area contributed by atoms with Gasteiger partial charge in [-0.2, -0.15) is 0 Å². The second-order valence-corrected chi connectivity index (χ2v) is 13.6. The number of hydrogen-bond donors (Lipinski definition) is 0. The molecule has 0 radical (unpaired) electrons. The summed E-state index contributed by atoms with van der Waals surface area (Å²) >= 11 is 7.16. The summed E-state index contributed by atoms with van der Waals surface area (Å²) < 4.78 is 17.6. The second kappa shape index (κ2) is 11.1. The van der Waals surface area contributed by atoms with Crippen LogP contribution < -0.4 is 19.3 Å². The van der Waals surface area contributed by atoms with Gasteiger partial charge in [0.05, 0.1) is 14.2 Å². The number of anilines is 2. The molecule has 5 rings (SSSR count). The first-order valence-electron chi connectivity index (χ1n) is 15.2. The molecule has 0 fully saturated rings. The molecule has 2 aliphatic heterocycles. The van der Waals surface area contributed by atoms with Crippen molar-refractivity contribution in [3.63, 3.8) is 0 Å². The van der Waals surface area contributed by atoms with Crippen LogP contribution in [0.3, 0.4) is 0 Å². The van der Waals surface area contributed by atoms with Crippen molar-refractivity contribution in [3.05, 3.63) is 92.7 Å². The molecular weight excluding hydrogens is 556 g/mol. The molecule has 2 aromatic carbocycles. The predicted octanol–water partition coefficient (Wildman–Crippen LogP) is 8.86. The molecule has 5 nitrogen and oxygen atoms in total. The Morgan fingerprint density at radius 1 is 0.814 bits per heavy atom. The van der Waals surface area contributed by atoms with E-state index in [1.54, 1.807) is 21.3 Å². The van der Waals surface area contributed by atoms with Gasteiger partial charge in [-0.25, -0.2) is 0 Å². The molecule has 0 N–H and O–H groups in total. The maximum absolute atomic E-state index is 7.16. The summed E-state index contributed by atoms with van der Waals surface area (Å²) in [4.78, 5) is 4.58. The molecule has 43 heavy (non-hydrogen) atoms. The number of halogens is 1. The highest BCUT2D eigenvalue weighted by atomic mass is 35.5. The number of nitrogens with zero attached hydrogens (tertiary/aromatic N) is 2. The molecule has 1 unspecified atom stereocenters. The second-order valence-electron chi connectivity index (χ2n) is 13.2. The normalized spacial score (nSPS) is 24.4. The molecule has 0 bridgehead atoms. The third-order valence-corrected chi connectivity index (χ3v) is 10.6. The maximum atomic E-state index is 7.16. The van der Waals surface area contributed by atoms with Gasteiger partial charge in [0.25, 0.3) is 0 Å². The summed E-state index contributed by atoms with van der Waals surface area (Å²) in [5.41, 5.74) is 9.71. The number of likely N-dealkylation sites (N-methyl/N-ethyl adjacent to an activating group) is 2. The van der Waals surface area contributed by atoms with Crippen molar-refractivity contribution < 1.29 is 14.2 Å². The van der Waals surface area contributed by atoms with Crippen molar-refractivity contribution in [3.8, 4) is 11.5 Å². The van der Waals surface area contributed by atoms with Gasteiger partial charge in [-0.15, -0.1) is 0 Å². The average molecular weight is 603 g/mol. The van der Waals surface area contributed by atoms with Gasteiger partial charge in [0, 0.05) is 54.1 Å². The minimum atomic E-state index is -0.679. The Balaban J connectivity index is 1.50. The van der Waals surface area contributed by atoms with Gasteiger partial charge in [-0.1, -0.05) is 51.4 Å². The summed E-state index contributed by atoms with van der Waals surface area (Å²) in [6, 6.07) is 8.52. The van der Waals surface area contributed by atoms with Crippen molar-refractivity contribution in [2.75, 3.05) is 45.2 Å². The fraction of sp³-hybridized carbons (Fsp3) is 0.459. The van der Waals surface area contributed by atoms with E-state index in [2.05, 4.69) is 114 Å². The highest BCUT2D eigenvalue weighted by molar-refractivity contribution is 6.32. The zero-order valence-electron chi connectivity index (χ0n) is 27.7. The van der Waals surface area contributed by atoms with Crippen LogP contribution in [0.25, 0.3) is 0 Å². The van der Waals surface area contributed by atoms with E-state index in [0.29, 0.717) is 0 Å². The lowest BCUT2D eigenvalue weighted by molar-refractivity contribution is -0.0129. The van der Waals surface area contributed by atoms with Crippen molar-refractivity contribution in [2.45, 2.75) is 77.4 Å². The van der Waals surface area contributed by atoms with Crippen LogP contribution >= 0.6 is 11.6 Å². The standard InChI is InChI=1S/C37H47ClN2O3/c1-23-19-27(41-9)21-29-33(23)39(7)31(35(29,3)4)16-15-25-13-12-14-26(32(25)38)17-18-37(43-11)36(5,6)30-22-28(42-10)20-24(2)34(30)40(37)8/h15-22H,12-14H2,1-11H3/b18-17+,25-15+,31-16-. The fourth-order valence-corrected chi connectivity index (χ4v) is 8.04. The predicted molar refractivity (Wildman–Crippen MR) is 180 cm³/mol. The Bertz CT molecular complexity index is 1580. The topological polar surface area (TPSA) is 34.2 Å². The molecular formula is C37H47ClN2O3. The monoisotopic (exact) mass is 602 g/mol. The molecule has 230 valence electrons. The Morgan fingerprint density at radius 2 is 1.42 bits per heavy atom. The summed E-state index contributed by atoms with van der Waals surface area (Å²) in [7, 11) is 9.52. The van der Waals surface area contributed by atoms with Gasteiger partial charge in [-0.3, -0.25) is 0 Å². The van der Waals surface area contributed by atoms with Crippen LogP contribution in [0.1, 0.15) is 69.2 Å². The largest absolute Gasteiger partial charge is 0.497 e. The fourth-order valence-electron chi connectivity index (χ4n) is 7.73. The number of methoxy groups -OCH3 is 3. The van der Waals surface area contributed by atoms with E-state index in [1.807, 2.05) is 0 Å². The van der Waals surface area contributed by atoms with E-state index in [0.717, 1.165) is 41.4 Å². The zero-order valence-corrected chi connectivity index (χ0v) is 28.5. The molecule has 1 aliphatic carbocycles. The number of aryl methyl sites for hydroxylation is 2. The Hall–Kier alpha value is -3.15. The molecule has 0 aromatic heterocycles.